The first-order chi connectivity index (χ1) is 11.4. The minimum Gasteiger partial charge on any atom is -0.394 e. The standard InChI is InChI=1S/C17H28N4O2/c22-12-14-5-3-9-21(14)17-11-16(19-13-20-17)18-8-4-10-23-15-6-1-2-7-15/h11,13-15,22H,1-10,12H2,(H,18,19,20)/t14-/m0/s1. The first-order valence-electron chi connectivity index (χ1n) is 8.92. The molecule has 1 saturated heterocycles. The second-order valence-corrected chi connectivity index (χ2v) is 6.49. The summed E-state index contributed by atoms with van der Waals surface area (Å²) >= 11 is 0. The highest BCUT2D eigenvalue weighted by Gasteiger charge is 2.25. The molecule has 23 heavy (non-hydrogen) atoms. The maximum absolute atomic E-state index is 9.44. The fraction of sp³-hybridized carbons (Fsp3) is 0.765. The molecule has 1 aliphatic heterocycles. The van der Waals surface area contributed by atoms with Crippen molar-refractivity contribution >= 4 is 11.6 Å². The number of anilines is 2. The van der Waals surface area contributed by atoms with Crippen LogP contribution in [0.5, 0.6) is 0 Å². The zero-order valence-corrected chi connectivity index (χ0v) is 13.8. The lowest BCUT2D eigenvalue weighted by atomic mass is 10.2. The van der Waals surface area contributed by atoms with Crippen LogP contribution in [0, 0.1) is 0 Å². The Hall–Kier alpha value is -1.40. The van der Waals surface area contributed by atoms with Crippen LogP contribution in [-0.4, -0.2) is 53.5 Å². The number of aliphatic hydroxyl groups is 1. The SMILES string of the molecule is OC[C@@H]1CCCN1c1cc(NCCCOC2CCCC2)ncn1. The molecule has 2 aliphatic rings. The third kappa shape index (κ3) is 4.54. The van der Waals surface area contributed by atoms with Crippen molar-refractivity contribution in [2.45, 2.75) is 57.1 Å². The molecule has 3 rings (SSSR count). The van der Waals surface area contributed by atoms with Gasteiger partial charge in [0.05, 0.1) is 18.8 Å². The third-order valence-corrected chi connectivity index (χ3v) is 4.82. The van der Waals surface area contributed by atoms with Crippen molar-refractivity contribution in [3.63, 3.8) is 0 Å². The number of nitrogens with zero attached hydrogens (tertiary/aromatic N) is 3. The normalized spacial score (nSPS) is 22.0. The lowest BCUT2D eigenvalue weighted by molar-refractivity contribution is 0.0583. The van der Waals surface area contributed by atoms with Crippen LogP contribution in [0.4, 0.5) is 11.6 Å². The van der Waals surface area contributed by atoms with E-state index in [0.29, 0.717) is 6.10 Å². The van der Waals surface area contributed by atoms with Gasteiger partial charge in [-0.05, 0) is 32.1 Å². The molecule has 128 valence electrons. The van der Waals surface area contributed by atoms with Gasteiger partial charge in [0.2, 0.25) is 0 Å². The highest BCUT2D eigenvalue weighted by atomic mass is 16.5. The summed E-state index contributed by atoms with van der Waals surface area (Å²) in [5, 5.41) is 12.8. The molecule has 2 heterocycles. The molecule has 0 unspecified atom stereocenters. The molecule has 1 atom stereocenters. The van der Waals surface area contributed by atoms with E-state index in [4.69, 9.17) is 4.74 Å². The summed E-state index contributed by atoms with van der Waals surface area (Å²) < 4.78 is 5.87. The molecule has 0 bridgehead atoms. The molecule has 1 aliphatic carbocycles. The van der Waals surface area contributed by atoms with Crippen LogP contribution in [0.15, 0.2) is 12.4 Å². The molecule has 1 aromatic heterocycles. The van der Waals surface area contributed by atoms with E-state index >= 15 is 0 Å². The molecule has 0 amide bonds. The molecule has 6 nitrogen and oxygen atoms in total. The van der Waals surface area contributed by atoms with Crippen LogP contribution in [-0.2, 0) is 4.74 Å². The van der Waals surface area contributed by atoms with Crippen LogP contribution < -0.4 is 10.2 Å². The summed E-state index contributed by atoms with van der Waals surface area (Å²) in [6.45, 7) is 2.81. The highest BCUT2D eigenvalue weighted by Crippen LogP contribution is 2.24. The fourth-order valence-electron chi connectivity index (χ4n) is 3.52. The molecular weight excluding hydrogens is 292 g/mol. The summed E-state index contributed by atoms with van der Waals surface area (Å²) in [4.78, 5) is 10.8. The van der Waals surface area contributed by atoms with Crippen LogP contribution in [0.1, 0.15) is 44.9 Å². The number of aliphatic hydroxyl groups excluding tert-OH is 1. The van der Waals surface area contributed by atoms with Gasteiger partial charge in [-0.1, -0.05) is 12.8 Å². The Balaban J connectivity index is 1.42. The Morgan fingerprint density at radius 1 is 1.22 bits per heavy atom. The molecule has 0 radical (unpaired) electrons. The maximum Gasteiger partial charge on any atom is 0.134 e. The number of aromatic nitrogens is 2. The van der Waals surface area contributed by atoms with Gasteiger partial charge in [-0.2, -0.15) is 0 Å². The van der Waals surface area contributed by atoms with Crippen molar-refractivity contribution in [2.75, 3.05) is 36.5 Å². The molecule has 0 spiro atoms. The van der Waals surface area contributed by atoms with Crippen molar-refractivity contribution < 1.29 is 9.84 Å². The van der Waals surface area contributed by atoms with Crippen molar-refractivity contribution in [2.24, 2.45) is 0 Å². The van der Waals surface area contributed by atoms with E-state index in [-0.39, 0.29) is 12.6 Å². The van der Waals surface area contributed by atoms with Gasteiger partial charge in [0.25, 0.3) is 0 Å². The molecule has 2 N–H and O–H groups in total. The Morgan fingerprint density at radius 2 is 2.09 bits per heavy atom. The van der Waals surface area contributed by atoms with Gasteiger partial charge in [0.1, 0.15) is 18.0 Å². The Kier molecular flexibility index (Phi) is 6.05. The minimum atomic E-state index is 0.186. The predicted octanol–water partition coefficient (Wildman–Crippen LogP) is 2.20. The Labute approximate surface area is 138 Å². The van der Waals surface area contributed by atoms with E-state index < -0.39 is 0 Å². The van der Waals surface area contributed by atoms with E-state index in [1.165, 1.54) is 25.7 Å². The fourth-order valence-corrected chi connectivity index (χ4v) is 3.52. The number of hydrogen-bond donors (Lipinski definition) is 2. The summed E-state index contributed by atoms with van der Waals surface area (Å²) in [7, 11) is 0. The summed E-state index contributed by atoms with van der Waals surface area (Å²) in [5.41, 5.74) is 0. The second kappa shape index (κ2) is 8.45. The number of hydrogen-bond acceptors (Lipinski definition) is 6. The molecular formula is C17H28N4O2. The van der Waals surface area contributed by atoms with Crippen LogP contribution in [0.2, 0.25) is 0 Å². The van der Waals surface area contributed by atoms with E-state index in [1.807, 2.05) is 6.07 Å². The molecule has 6 heteroatoms. The quantitative estimate of drug-likeness (QED) is 0.716. The summed E-state index contributed by atoms with van der Waals surface area (Å²) in [6.07, 6.45) is 10.3. The van der Waals surface area contributed by atoms with Gasteiger partial charge in [0.15, 0.2) is 0 Å². The van der Waals surface area contributed by atoms with Crippen molar-refractivity contribution in [1.29, 1.82) is 0 Å². The minimum absolute atomic E-state index is 0.186. The molecule has 1 aromatic rings. The van der Waals surface area contributed by atoms with Crippen LogP contribution in [0.25, 0.3) is 0 Å². The van der Waals surface area contributed by atoms with E-state index in [2.05, 4.69) is 20.2 Å². The first kappa shape index (κ1) is 16.5. The average molecular weight is 320 g/mol. The Bertz CT molecular complexity index is 479. The zero-order valence-electron chi connectivity index (χ0n) is 13.8. The van der Waals surface area contributed by atoms with Crippen molar-refractivity contribution in [3.8, 4) is 0 Å². The number of nitrogens with one attached hydrogen (secondary N) is 1. The van der Waals surface area contributed by atoms with Gasteiger partial charge >= 0.3 is 0 Å². The lowest BCUT2D eigenvalue weighted by Crippen LogP contribution is -2.32. The number of rotatable bonds is 8. The highest BCUT2D eigenvalue weighted by molar-refractivity contribution is 5.49. The van der Waals surface area contributed by atoms with Gasteiger partial charge in [-0.25, -0.2) is 9.97 Å². The maximum atomic E-state index is 9.44. The first-order valence-corrected chi connectivity index (χ1v) is 8.92. The monoisotopic (exact) mass is 320 g/mol. The third-order valence-electron chi connectivity index (χ3n) is 4.82. The average Bonchev–Trinajstić information content (AvgIpc) is 3.26. The zero-order chi connectivity index (χ0) is 15.9. The molecule has 2 fully saturated rings. The van der Waals surface area contributed by atoms with Crippen molar-refractivity contribution in [3.05, 3.63) is 12.4 Å². The van der Waals surface area contributed by atoms with E-state index in [0.717, 1.165) is 50.6 Å². The van der Waals surface area contributed by atoms with Crippen LogP contribution in [0.3, 0.4) is 0 Å². The largest absolute Gasteiger partial charge is 0.394 e. The van der Waals surface area contributed by atoms with E-state index in [9.17, 15) is 5.11 Å². The molecule has 1 saturated carbocycles. The van der Waals surface area contributed by atoms with Gasteiger partial charge < -0.3 is 20.1 Å². The topological polar surface area (TPSA) is 70.5 Å². The molecule has 0 aromatic carbocycles. The van der Waals surface area contributed by atoms with Gasteiger partial charge in [0, 0.05) is 25.8 Å². The second-order valence-electron chi connectivity index (χ2n) is 6.49. The number of ether oxygens (including phenoxy) is 1. The smallest absolute Gasteiger partial charge is 0.134 e. The lowest BCUT2D eigenvalue weighted by Gasteiger charge is -2.24. The van der Waals surface area contributed by atoms with Gasteiger partial charge in [-0.3, -0.25) is 0 Å². The predicted molar refractivity (Wildman–Crippen MR) is 90.8 cm³/mol. The van der Waals surface area contributed by atoms with Crippen molar-refractivity contribution in [1.82, 2.24) is 9.97 Å². The summed E-state index contributed by atoms with van der Waals surface area (Å²) in [6, 6.07) is 2.17. The Morgan fingerprint density at radius 3 is 2.91 bits per heavy atom. The van der Waals surface area contributed by atoms with E-state index in [1.54, 1.807) is 6.33 Å². The summed E-state index contributed by atoms with van der Waals surface area (Å²) in [5.74, 6) is 1.75. The van der Waals surface area contributed by atoms with Crippen LogP contribution >= 0.6 is 0 Å². The van der Waals surface area contributed by atoms with Gasteiger partial charge in [-0.15, -0.1) is 0 Å².